The highest BCUT2D eigenvalue weighted by molar-refractivity contribution is 7.16. The zero-order chi connectivity index (χ0) is 14.7. The number of allylic oxidation sites excluding steroid dienone is 1. The van der Waals surface area contributed by atoms with Crippen molar-refractivity contribution in [2.45, 2.75) is 6.92 Å². The topological polar surface area (TPSA) is 47.2 Å². The Bertz CT molecular complexity index is 875. The van der Waals surface area contributed by atoms with E-state index in [-0.39, 0.29) is 5.56 Å². The number of benzene rings is 1. The average Bonchev–Trinajstić information content (AvgIpc) is 2.96. The van der Waals surface area contributed by atoms with Crippen LogP contribution >= 0.6 is 11.3 Å². The minimum Gasteiger partial charge on any atom is -0.267 e. The molecule has 0 radical (unpaired) electrons. The van der Waals surface area contributed by atoms with E-state index >= 15 is 0 Å². The van der Waals surface area contributed by atoms with Gasteiger partial charge in [0, 0.05) is 6.21 Å². The Kier molecular flexibility index (Phi) is 3.75. The molecule has 0 saturated carbocycles. The molecule has 0 fully saturated rings. The van der Waals surface area contributed by atoms with Crippen LogP contribution in [0.15, 0.2) is 57.8 Å². The van der Waals surface area contributed by atoms with Crippen LogP contribution in [-0.4, -0.2) is 15.9 Å². The lowest BCUT2D eigenvalue weighted by molar-refractivity contribution is 0.773. The van der Waals surface area contributed by atoms with Gasteiger partial charge < -0.3 is 0 Å². The van der Waals surface area contributed by atoms with Crippen LogP contribution in [-0.2, 0) is 0 Å². The van der Waals surface area contributed by atoms with Crippen molar-refractivity contribution in [3.63, 3.8) is 0 Å². The Morgan fingerprint density at radius 2 is 2.05 bits per heavy atom. The molecule has 0 spiro atoms. The molecule has 0 N–H and O–H groups in total. The van der Waals surface area contributed by atoms with Gasteiger partial charge in [-0.1, -0.05) is 36.4 Å². The van der Waals surface area contributed by atoms with Crippen molar-refractivity contribution in [2.75, 3.05) is 0 Å². The number of rotatable bonds is 3. The Labute approximate surface area is 125 Å². The summed E-state index contributed by atoms with van der Waals surface area (Å²) in [7, 11) is 0. The van der Waals surface area contributed by atoms with Crippen LogP contribution in [0, 0.1) is 6.92 Å². The van der Waals surface area contributed by atoms with Gasteiger partial charge in [-0.3, -0.25) is 4.79 Å². The van der Waals surface area contributed by atoms with E-state index in [1.54, 1.807) is 25.3 Å². The smallest absolute Gasteiger partial charge is 0.267 e. The van der Waals surface area contributed by atoms with Gasteiger partial charge in [0.25, 0.3) is 5.56 Å². The van der Waals surface area contributed by atoms with Gasteiger partial charge in [-0.15, -0.1) is 11.3 Å². The Morgan fingerprint density at radius 3 is 2.86 bits per heavy atom. The van der Waals surface area contributed by atoms with Crippen molar-refractivity contribution < 1.29 is 0 Å². The summed E-state index contributed by atoms with van der Waals surface area (Å²) in [4.78, 5) is 17.4. The van der Waals surface area contributed by atoms with Crippen molar-refractivity contribution in [1.29, 1.82) is 0 Å². The zero-order valence-electron chi connectivity index (χ0n) is 11.4. The molecule has 4 nitrogen and oxygen atoms in total. The molecule has 0 aliphatic heterocycles. The number of aryl methyl sites for hydroxylation is 1. The second kappa shape index (κ2) is 5.85. The van der Waals surface area contributed by atoms with Crippen molar-refractivity contribution in [2.24, 2.45) is 5.10 Å². The van der Waals surface area contributed by atoms with Crippen LogP contribution in [0.3, 0.4) is 0 Å². The van der Waals surface area contributed by atoms with Crippen LogP contribution in [0.4, 0.5) is 0 Å². The molecule has 0 aliphatic carbocycles. The van der Waals surface area contributed by atoms with Gasteiger partial charge in [0.1, 0.15) is 10.7 Å². The molecule has 2 aromatic heterocycles. The number of thiophene rings is 1. The van der Waals surface area contributed by atoms with E-state index in [0.29, 0.717) is 11.2 Å². The second-order valence-electron chi connectivity index (χ2n) is 4.45. The lowest BCUT2D eigenvalue weighted by atomic mass is 10.2. The van der Waals surface area contributed by atoms with E-state index in [2.05, 4.69) is 10.1 Å². The first-order valence-corrected chi connectivity index (χ1v) is 7.36. The molecule has 3 rings (SSSR count). The van der Waals surface area contributed by atoms with E-state index in [1.807, 2.05) is 41.8 Å². The fraction of sp³-hybridized carbons (Fsp3) is 0.0625. The molecule has 5 heteroatoms. The highest BCUT2D eigenvalue weighted by Gasteiger charge is 2.07. The molecule has 0 aliphatic rings. The maximum absolute atomic E-state index is 12.3. The normalized spacial score (nSPS) is 11.9. The molecular formula is C16H13N3OS. The molecule has 0 atom stereocenters. The van der Waals surface area contributed by atoms with E-state index in [9.17, 15) is 4.79 Å². The van der Waals surface area contributed by atoms with Gasteiger partial charge in [0.2, 0.25) is 0 Å². The minimum atomic E-state index is -0.136. The van der Waals surface area contributed by atoms with Gasteiger partial charge in [0.05, 0.1) is 5.39 Å². The number of nitrogens with zero attached hydrogens (tertiary/aromatic N) is 3. The summed E-state index contributed by atoms with van der Waals surface area (Å²) in [6, 6.07) is 11.7. The van der Waals surface area contributed by atoms with Crippen LogP contribution in [0.2, 0.25) is 0 Å². The molecule has 0 saturated heterocycles. The Hall–Kier alpha value is -2.53. The summed E-state index contributed by atoms with van der Waals surface area (Å²) >= 11 is 1.46. The third-order valence-electron chi connectivity index (χ3n) is 2.99. The summed E-state index contributed by atoms with van der Waals surface area (Å²) in [5.74, 6) is 0.583. The highest BCUT2D eigenvalue weighted by atomic mass is 32.1. The minimum absolute atomic E-state index is 0.136. The quantitative estimate of drug-likeness (QED) is 0.696. The highest BCUT2D eigenvalue weighted by Crippen LogP contribution is 2.14. The fourth-order valence-corrected chi connectivity index (χ4v) is 2.77. The molecule has 21 heavy (non-hydrogen) atoms. The van der Waals surface area contributed by atoms with E-state index in [4.69, 9.17) is 0 Å². The van der Waals surface area contributed by atoms with Gasteiger partial charge in [0.15, 0.2) is 0 Å². The van der Waals surface area contributed by atoms with Crippen LogP contribution < -0.4 is 5.56 Å². The van der Waals surface area contributed by atoms with E-state index in [1.165, 1.54) is 16.0 Å². The van der Waals surface area contributed by atoms with Crippen molar-refractivity contribution in [3.05, 3.63) is 69.6 Å². The fourth-order valence-electron chi connectivity index (χ4n) is 1.97. The zero-order valence-corrected chi connectivity index (χ0v) is 12.2. The number of hydrogen-bond acceptors (Lipinski definition) is 4. The monoisotopic (exact) mass is 295 g/mol. The molecule has 3 aromatic rings. The summed E-state index contributed by atoms with van der Waals surface area (Å²) in [6.07, 6.45) is 5.33. The first-order valence-electron chi connectivity index (χ1n) is 6.48. The van der Waals surface area contributed by atoms with Crippen molar-refractivity contribution >= 4 is 33.8 Å². The van der Waals surface area contributed by atoms with Crippen molar-refractivity contribution in [3.8, 4) is 0 Å². The van der Waals surface area contributed by atoms with Gasteiger partial charge in [-0.2, -0.15) is 9.78 Å². The molecule has 104 valence electrons. The Morgan fingerprint density at radius 1 is 1.24 bits per heavy atom. The molecule has 0 bridgehead atoms. The lowest BCUT2D eigenvalue weighted by Crippen LogP contribution is -2.19. The SMILES string of the molecule is Cc1nc2sccc2c(=O)n1/N=C\C=C\c1ccccc1. The summed E-state index contributed by atoms with van der Waals surface area (Å²) in [5.41, 5.74) is 0.947. The molecule has 2 heterocycles. The molecule has 0 amide bonds. The van der Waals surface area contributed by atoms with Gasteiger partial charge in [-0.05, 0) is 30.0 Å². The maximum Gasteiger partial charge on any atom is 0.282 e. The molecule has 1 aromatic carbocycles. The van der Waals surface area contributed by atoms with Gasteiger partial charge >= 0.3 is 0 Å². The second-order valence-corrected chi connectivity index (χ2v) is 5.34. The average molecular weight is 295 g/mol. The largest absolute Gasteiger partial charge is 0.282 e. The number of hydrogen-bond donors (Lipinski definition) is 0. The standard InChI is InChI=1S/C16H13N3OS/c1-12-18-15-14(9-11-21-15)16(20)19(12)17-10-5-8-13-6-3-2-4-7-13/h2-11H,1H3/b8-5+,17-10-. The third-order valence-corrected chi connectivity index (χ3v) is 3.80. The number of aromatic nitrogens is 2. The van der Waals surface area contributed by atoms with Crippen molar-refractivity contribution in [1.82, 2.24) is 9.66 Å². The number of fused-ring (bicyclic) bond motifs is 1. The van der Waals surface area contributed by atoms with E-state index < -0.39 is 0 Å². The van der Waals surface area contributed by atoms with Crippen LogP contribution in [0.1, 0.15) is 11.4 Å². The van der Waals surface area contributed by atoms with Crippen LogP contribution in [0.5, 0.6) is 0 Å². The van der Waals surface area contributed by atoms with Crippen LogP contribution in [0.25, 0.3) is 16.3 Å². The van der Waals surface area contributed by atoms with E-state index in [0.717, 1.165) is 10.4 Å². The maximum atomic E-state index is 12.3. The molecule has 0 unspecified atom stereocenters. The molecular weight excluding hydrogens is 282 g/mol. The lowest BCUT2D eigenvalue weighted by Gasteiger charge is -2.01. The first kappa shape index (κ1) is 13.5. The third kappa shape index (κ3) is 2.83. The van der Waals surface area contributed by atoms with Gasteiger partial charge in [-0.25, -0.2) is 4.98 Å². The summed E-state index contributed by atoms with van der Waals surface area (Å²) in [6.45, 7) is 1.78. The summed E-state index contributed by atoms with van der Waals surface area (Å²) < 4.78 is 1.32. The first-order chi connectivity index (χ1) is 10.3. The predicted octanol–water partition coefficient (Wildman–Crippen LogP) is 3.31. The predicted molar refractivity (Wildman–Crippen MR) is 88.0 cm³/mol. The summed E-state index contributed by atoms with van der Waals surface area (Å²) in [5, 5.41) is 6.65. The Balaban J connectivity index is 1.89.